The van der Waals surface area contributed by atoms with E-state index in [0.717, 1.165) is 55.9 Å². The van der Waals surface area contributed by atoms with Gasteiger partial charge in [-0.25, -0.2) is 4.79 Å². The summed E-state index contributed by atoms with van der Waals surface area (Å²) in [5.41, 5.74) is 1.12. The van der Waals surface area contributed by atoms with Gasteiger partial charge in [-0.3, -0.25) is 0 Å². The van der Waals surface area contributed by atoms with Crippen molar-refractivity contribution in [2.24, 2.45) is 0 Å². The summed E-state index contributed by atoms with van der Waals surface area (Å²) in [4.78, 5) is 14.4. The Labute approximate surface area is 143 Å². The van der Waals surface area contributed by atoms with E-state index in [-0.39, 0.29) is 12.1 Å². The summed E-state index contributed by atoms with van der Waals surface area (Å²) < 4.78 is 16.3. The number of carbonyl (C=O) groups excluding carboxylic acids is 1. The number of methoxy groups -OCH3 is 1. The number of rotatable bonds is 6. The number of hydrogen-bond acceptors (Lipinski definition) is 4. The van der Waals surface area contributed by atoms with Gasteiger partial charge in [0.05, 0.1) is 6.04 Å². The number of nitrogens with one attached hydrogen (secondary N) is 1. The number of urea groups is 1. The number of fused-ring (bicyclic) bond motifs is 1. The third kappa shape index (κ3) is 3.93. The van der Waals surface area contributed by atoms with Crippen molar-refractivity contribution >= 4 is 6.03 Å². The van der Waals surface area contributed by atoms with E-state index in [1.165, 1.54) is 0 Å². The topological polar surface area (TPSA) is 60.0 Å². The summed E-state index contributed by atoms with van der Waals surface area (Å²) in [7, 11) is 1.70. The van der Waals surface area contributed by atoms with E-state index in [1.807, 2.05) is 23.1 Å². The van der Waals surface area contributed by atoms with E-state index in [0.29, 0.717) is 19.8 Å². The highest BCUT2D eigenvalue weighted by atomic mass is 16.6. The van der Waals surface area contributed by atoms with Crippen LogP contribution in [0.1, 0.15) is 37.3 Å². The van der Waals surface area contributed by atoms with Crippen molar-refractivity contribution in [1.29, 1.82) is 0 Å². The van der Waals surface area contributed by atoms with Gasteiger partial charge in [-0.05, 0) is 43.4 Å². The number of carbonyl (C=O) groups is 1. The first-order valence-corrected chi connectivity index (χ1v) is 8.72. The fraction of sp³-hybridized carbons (Fsp3) is 0.611. The minimum absolute atomic E-state index is 0.0183. The summed E-state index contributed by atoms with van der Waals surface area (Å²) in [6, 6.07) is 6.14. The van der Waals surface area contributed by atoms with Crippen LogP contribution in [0.3, 0.4) is 0 Å². The van der Waals surface area contributed by atoms with Crippen LogP contribution in [0.15, 0.2) is 18.2 Å². The van der Waals surface area contributed by atoms with Crippen LogP contribution in [0.2, 0.25) is 0 Å². The fourth-order valence-corrected chi connectivity index (χ4v) is 3.29. The predicted octanol–water partition coefficient (Wildman–Crippen LogP) is 2.73. The second-order valence-corrected chi connectivity index (χ2v) is 6.19. The maximum Gasteiger partial charge on any atom is 0.317 e. The Bertz CT molecular complexity index is 564. The molecule has 2 heterocycles. The van der Waals surface area contributed by atoms with Gasteiger partial charge in [0.1, 0.15) is 13.2 Å². The average Bonchev–Trinajstić information content (AvgIpc) is 3.11. The van der Waals surface area contributed by atoms with Crippen LogP contribution in [0.4, 0.5) is 4.79 Å². The number of amides is 2. The first kappa shape index (κ1) is 16.9. The first-order chi connectivity index (χ1) is 11.8. The van der Waals surface area contributed by atoms with Crippen molar-refractivity contribution in [2.45, 2.75) is 31.7 Å². The van der Waals surface area contributed by atoms with E-state index in [4.69, 9.17) is 14.2 Å². The lowest BCUT2D eigenvalue weighted by atomic mass is 10.0. The molecule has 1 N–H and O–H groups in total. The van der Waals surface area contributed by atoms with Gasteiger partial charge in [0, 0.05) is 26.8 Å². The molecular formula is C18H26N2O4. The molecule has 1 aromatic rings. The Hall–Kier alpha value is -1.95. The molecule has 3 rings (SSSR count). The second-order valence-electron chi connectivity index (χ2n) is 6.19. The third-order valence-corrected chi connectivity index (χ3v) is 4.52. The molecule has 1 aromatic carbocycles. The van der Waals surface area contributed by atoms with E-state index in [9.17, 15) is 4.79 Å². The number of hydrogen-bond donors (Lipinski definition) is 1. The van der Waals surface area contributed by atoms with Gasteiger partial charge in [-0.2, -0.15) is 0 Å². The Morgan fingerprint density at radius 2 is 2.12 bits per heavy atom. The minimum atomic E-state index is 0.0183. The molecule has 1 saturated heterocycles. The number of unbranched alkanes of at least 4 members (excludes halogenated alkanes) is 1. The van der Waals surface area contributed by atoms with Crippen LogP contribution in [-0.4, -0.2) is 51.0 Å². The molecule has 132 valence electrons. The zero-order valence-corrected chi connectivity index (χ0v) is 14.3. The smallest absolute Gasteiger partial charge is 0.317 e. The van der Waals surface area contributed by atoms with Gasteiger partial charge >= 0.3 is 6.03 Å². The summed E-state index contributed by atoms with van der Waals surface area (Å²) in [5.74, 6) is 1.57. The largest absolute Gasteiger partial charge is 0.486 e. The van der Waals surface area contributed by atoms with Gasteiger partial charge < -0.3 is 24.4 Å². The Kier molecular flexibility index (Phi) is 5.80. The van der Waals surface area contributed by atoms with E-state index in [1.54, 1.807) is 7.11 Å². The highest BCUT2D eigenvalue weighted by molar-refractivity contribution is 5.75. The number of ether oxygens (including phenoxy) is 3. The molecule has 2 aliphatic rings. The van der Waals surface area contributed by atoms with E-state index in [2.05, 4.69) is 5.32 Å². The Morgan fingerprint density at radius 3 is 2.96 bits per heavy atom. The molecule has 0 spiro atoms. The van der Waals surface area contributed by atoms with Crippen molar-refractivity contribution < 1.29 is 19.0 Å². The lowest BCUT2D eigenvalue weighted by Gasteiger charge is -2.27. The van der Waals surface area contributed by atoms with Crippen LogP contribution in [0.25, 0.3) is 0 Å². The number of benzene rings is 1. The Morgan fingerprint density at radius 1 is 1.29 bits per heavy atom. The van der Waals surface area contributed by atoms with Crippen LogP contribution < -0.4 is 14.8 Å². The molecule has 0 radical (unpaired) electrons. The third-order valence-electron chi connectivity index (χ3n) is 4.52. The van der Waals surface area contributed by atoms with Crippen LogP contribution >= 0.6 is 0 Å². The van der Waals surface area contributed by atoms with Gasteiger partial charge in [0.15, 0.2) is 11.5 Å². The first-order valence-electron chi connectivity index (χ1n) is 8.72. The molecule has 0 aromatic heterocycles. The molecule has 2 aliphatic heterocycles. The number of likely N-dealkylation sites (tertiary alicyclic amines) is 1. The van der Waals surface area contributed by atoms with Crippen molar-refractivity contribution in [1.82, 2.24) is 10.2 Å². The minimum Gasteiger partial charge on any atom is -0.486 e. The van der Waals surface area contributed by atoms with Crippen molar-refractivity contribution in [3.05, 3.63) is 23.8 Å². The standard InChI is InChI=1S/C18H26N2O4/c1-22-10-3-2-8-19-18(21)20-9-4-5-15(20)14-6-7-16-17(13-14)24-12-11-23-16/h6-7,13,15H,2-5,8-12H2,1H3,(H,19,21)/t15-/m1/s1. The Balaban J connectivity index is 1.59. The highest BCUT2D eigenvalue weighted by Crippen LogP contribution is 2.37. The monoisotopic (exact) mass is 334 g/mol. The molecule has 2 amide bonds. The van der Waals surface area contributed by atoms with Gasteiger partial charge in [0.25, 0.3) is 0 Å². The van der Waals surface area contributed by atoms with E-state index < -0.39 is 0 Å². The maximum atomic E-state index is 12.5. The molecule has 0 bridgehead atoms. The van der Waals surface area contributed by atoms with Crippen LogP contribution in [0, 0.1) is 0 Å². The summed E-state index contributed by atoms with van der Waals surface area (Å²) in [6.45, 7) is 3.38. The molecule has 6 heteroatoms. The zero-order chi connectivity index (χ0) is 16.8. The lowest BCUT2D eigenvalue weighted by Crippen LogP contribution is -2.39. The molecule has 1 atom stereocenters. The summed E-state index contributed by atoms with van der Waals surface area (Å²) in [6.07, 6.45) is 3.90. The lowest BCUT2D eigenvalue weighted by molar-refractivity contribution is 0.170. The van der Waals surface area contributed by atoms with Gasteiger partial charge in [0.2, 0.25) is 0 Å². The van der Waals surface area contributed by atoms with Crippen molar-refractivity contribution in [2.75, 3.05) is 40.0 Å². The maximum absolute atomic E-state index is 12.5. The predicted molar refractivity (Wildman–Crippen MR) is 90.6 cm³/mol. The zero-order valence-electron chi connectivity index (χ0n) is 14.3. The second kappa shape index (κ2) is 8.24. The van der Waals surface area contributed by atoms with Crippen LogP contribution in [-0.2, 0) is 4.74 Å². The molecule has 6 nitrogen and oxygen atoms in total. The van der Waals surface area contributed by atoms with Crippen molar-refractivity contribution in [3.63, 3.8) is 0 Å². The van der Waals surface area contributed by atoms with Crippen molar-refractivity contribution in [3.8, 4) is 11.5 Å². The quantitative estimate of drug-likeness (QED) is 0.813. The number of nitrogens with zero attached hydrogens (tertiary/aromatic N) is 1. The summed E-state index contributed by atoms with van der Waals surface area (Å²) in [5, 5.41) is 3.02. The molecule has 0 saturated carbocycles. The van der Waals surface area contributed by atoms with E-state index >= 15 is 0 Å². The normalized spacial score (nSPS) is 19.4. The molecule has 24 heavy (non-hydrogen) atoms. The van der Waals surface area contributed by atoms with Gasteiger partial charge in [-0.1, -0.05) is 6.07 Å². The van der Waals surface area contributed by atoms with Crippen LogP contribution in [0.5, 0.6) is 11.5 Å². The summed E-state index contributed by atoms with van der Waals surface area (Å²) >= 11 is 0. The molecule has 0 unspecified atom stereocenters. The fourth-order valence-electron chi connectivity index (χ4n) is 3.29. The molecule has 1 fully saturated rings. The SMILES string of the molecule is COCCCCNC(=O)N1CCC[C@@H]1c1ccc2c(c1)OCCO2. The van der Waals surface area contributed by atoms with Gasteiger partial charge in [-0.15, -0.1) is 0 Å². The highest BCUT2D eigenvalue weighted by Gasteiger charge is 2.30. The molecule has 0 aliphatic carbocycles. The average molecular weight is 334 g/mol. The molecular weight excluding hydrogens is 308 g/mol.